The maximum absolute atomic E-state index is 13.9. The molecule has 1 unspecified atom stereocenters. The lowest BCUT2D eigenvalue weighted by atomic mass is 9.98. The molecule has 20 heavy (non-hydrogen) atoms. The Morgan fingerprint density at radius 3 is 2.90 bits per heavy atom. The zero-order chi connectivity index (χ0) is 14.5. The van der Waals surface area contributed by atoms with Gasteiger partial charge in [-0.15, -0.1) is 0 Å². The maximum Gasteiger partial charge on any atom is 0.272 e. The molecule has 0 amide bonds. The first-order valence-electron chi connectivity index (χ1n) is 6.98. The Bertz CT molecular complexity index is 479. The van der Waals surface area contributed by atoms with Crippen molar-refractivity contribution in [3.05, 3.63) is 39.7 Å². The van der Waals surface area contributed by atoms with Crippen LogP contribution in [0.3, 0.4) is 0 Å². The van der Waals surface area contributed by atoms with Crippen LogP contribution in [-0.2, 0) is 6.54 Å². The predicted octanol–water partition coefficient (Wildman–Crippen LogP) is 2.44. The van der Waals surface area contributed by atoms with Crippen LogP contribution < -0.4 is 5.73 Å². The van der Waals surface area contributed by atoms with E-state index in [1.807, 2.05) is 0 Å². The third-order valence-electron chi connectivity index (χ3n) is 3.87. The maximum atomic E-state index is 13.9. The van der Waals surface area contributed by atoms with Crippen molar-refractivity contribution in [2.75, 3.05) is 13.1 Å². The number of benzene rings is 1. The van der Waals surface area contributed by atoms with Gasteiger partial charge in [0.15, 0.2) is 0 Å². The summed E-state index contributed by atoms with van der Waals surface area (Å²) in [6.07, 6.45) is 4.29. The number of halogens is 1. The number of non-ortho nitro benzene ring substituents is 1. The zero-order valence-corrected chi connectivity index (χ0v) is 11.4. The Balaban J connectivity index is 2.09. The quantitative estimate of drug-likeness (QED) is 0.664. The number of nitrogens with zero attached hydrogens (tertiary/aromatic N) is 2. The van der Waals surface area contributed by atoms with Crippen molar-refractivity contribution in [3.63, 3.8) is 0 Å². The molecule has 2 rings (SSSR count). The molecular formula is C14H20FN3O2. The van der Waals surface area contributed by atoms with Gasteiger partial charge in [-0.25, -0.2) is 4.39 Å². The van der Waals surface area contributed by atoms with E-state index < -0.39 is 10.7 Å². The first kappa shape index (κ1) is 14.9. The molecule has 5 nitrogen and oxygen atoms in total. The van der Waals surface area contributed by atoms with Crippen LogP contribution in [0.25, 0.3) is 0 Å². The smallest absolute Gasteiger partial charge is 0.272 e. The molecule has 1 atom stereocenters. The molecule has 2 N–H and O–H groups in total. The molecule has 0 bridgehead atoms. The Morgan fingerprint density at radius 2 is 2.25 bits per heavy atom. The summed E-state index contributed by atoms with van der Waals surface area (Å²) in [5, 5.41) is 10.6. The van der Waals surface area contributed by atoms with Gasteiger partial charge < -0.3 is 5.73 Å². The van der Waals surface area contributed by atoms with Gasteiger partial charge in [0.25, 0.3) is 5.69 Å². The van der Waals surface area contributed by atoms with Gasteiger partial charge in [-0.2, -0.15) is 0 Å². The van der Waals surface area contributed by atoms with Crippen LogP contribution in [0.2, 0.25) is 0 Å². The van der Waals surface area contributed by atoms with Gasteiger partial charge in [0, 0.05) is 24.2 Å². The van der Waals surface area contributed by atoms with Crippen LogP contribution in [0.15, 0.2) is 18.2 Å². The molecule has 1 heterocycles. The fourth-order valence-corrected chi connectivity index (χ4v) is 2.78. The number of nitro groups is 1. The Hall–Kier alpha value is -1.53. The number of nitrogens with two attached hydrogens (primary N) is 1. The van der Waals surface area contributed by atoms with Gasteiger partial charge in [0.1, 0.15) is 5.82 Å². The van der Waals surface area contributed by atoms with Crippen molar-refractivity contribution in [3.8, 4) is 0 Å². The first-order chi connectivity index (χ1) is 9.61. The van der Waals surface area contributed by atoms with Crippen molar-refractivity contribution < 1.29 is 9.31 Å². The minimum absolute atomic E-state index is 0.205. The summed E-state index contributed by atoms with van der Waals surface area (Å²) < 4.78 is 13.9. The van der Waals surface area contributed by atoms with Gasteiger partial charge in [0.2, 0.25) is 0 Å². The molecule has 0 radical (unpaired) electrons. The van der Waals surface area contributed by atoms with Gasteiger partial charge in [-0.1, -0.05) is 6.42 Å². The highest BCUT2D eigenvalue weighted by Crippen LogP contribution is 2.24. The second-order valence-electron chi connectivity index (χ2n) is 5.23. The largest absolute Gasteiger partial charge is 0.330 e. The minimum atomic E-state index is -0.578. The Labute approximate surface area is 117 Å². The number of hydrogen-bond donors (Lipinski definition) is 1. The Morgan fingerprint density at radius 1 is 1.45 bits per heavy atom. The summed E-state index contributed by atoms with van der Waals surface area (Å²) in [5.41, 5.74) is 5.93. The normalized spacial score (nSPS) is 20.0. The van der Waals surface area contributed by atoms with Gasteiger partial charge in [0.05, 0.1) is 11.0 Å². The highest BCUT2D eigenvalue weighted by molar-refractivity contribution is 5.34. The van der Waals surface area contributed by atoms with Crippen LogP contribution in [0.1, 0.15) is 31.2 Å². The molecule has 1 aliphatic heterocycles. The van der Waals surface area contributed by atoms with E-state index in [1.165, 1.54) is 18.6 Å². The molecule has 6 heteroatoms. The van der Waals surface area contributed by atoms with Crippen LogP contribution in [0.5, 0.6) is 0 Å². The van der Waals surface area contributed by atoms with E-state index >= 15 is 0 Å². The van der Waals surface area contributed by atoms with Crippen molar-refractivity contribution >= 4 is 5.69 Å². The standard InChI is InChI=1S/C14H20FN3O2/c15-14-9-13(18(19)20)5-4-11(14)10-17-8-2-1-3-12(17)6-7-16/h4-5,9,12H,1-3,6-8,10,16H2. The van der Waals surface area contributed by atoms with Crippen molar-refractivity contribution in [2.24, 2.45) is 5.73 Å². The lowest BCUT2D eigenvalue weighted by Crippen LogP contribution is -2.40. The second kappa shape index (κ2) is 6.76. The monoisotopic (exact) mass is 281 g/mol. The van der Waals surface area contributed by atoms with Crippen LogP contribution >= 0.6 is 0 Å². The molecule has 110 valence electrons. The van der Waals surface area contributed by atoms with E-state index in [1.54, 1.807) is 0 Å². The molecule has 0 spiro atoms. The fraction of sp³-hybridized carbons (Fsp3) is 0.571. The summed E-state index contributed by atoms with van der Waals surface area (Å²) in [5.74, 6) is -0.503. The molecule has 0 saturated carbocycles. The third-order valence-corrected chi connectivity index (χ3v) is 3.87. The SMILES string of the molecule is NCCC1CCCCN1Cc1ccc([N+](=O)[O-])cc1F. The summed E-state index contributed by atoms with van der Waals surface area (Å²) in [7, 11) is 0. The fourth-order valence-electron chi connectivity index (χ4n) is 2.78. The van der Waals surface area contributed by atoms with E-state index in [4.69, 9.17) is 5.73 Å². The minimum Gasteiger partial charge on any atom is -0.330 e. The van der Waals surface area contributed by atoms with E-state index in [0.29, 0.717) is 24.7 Å². The van der Waals surface area contributed by atoms with Crippen LogP contribution in [0, 0.1) is 15.9 Å². The van der Waals surface area contributed by atoms with E-state index in [9.17, 15) is 14.5 Å². The molecule has 1 aliphatic rings. The van der Waals surface area contributed by atoms with Crippen LogP contribution in [0.4, 0.5) is 10.1 Å². The van der Waals surface area contributed by atoms with Gasteiger partial charge >= 0.3 is 0 Å². The zero-order valence-electron chi connectivity index (χ0n) is 11.4. The van der Waals surface area contributed by atoms with Gasteiger partial charge in [-0.3, -0.25) is 15.0 Å². The molecular weight excluding hydrogens is 261 g/mol. The van der Waals surface area contributed by atoms with Crippen molar-refractivity contribution in [2.45, 2.75) is 38.3 Å². The summed E-state index contributed by atoms with van der Waals surface area (Å²) in [6.45, 7) is 2.06. The first-order valence-corrected chi connectivity index (χ1v) is 6.98. The average Bonchev–Trinajstić information content (AvgIpc) is 2.43. The highest BCUT2D eigenvalue weighted by atomic mass is 19.1. The molecule has 0 aromatic heterocycles. The topological polar surface area (TPSA) is 72.4 Å². The molecule has 1 saturated heterocycles. The number of likely N-dealkylation sites (tertiary alicyclic amines) is 1. The number of piperidine rings is 1. The van der Waals surface area contributed by atoms with Crippen molar-refractivity contribution in [1.29, 1.82) is 0 Å². The lowest BCUT2D eigenvalue weighted by Gasteiger charge is -2.35. The Kier molecular flexibility index (Phi) is 5.03. The van der Waals surface area contributed by atoms with Gasteiger partial charge in [-0.05, 0) is 38.4 Å². The number of rotatable bonds is 5. The third kappa shape index (κ3) is 3.52. The summed E-state index contributed by atoms with van der Waals surface area (Å²) in [6, 6.07) is 4.27. The van der Waals surface area contributed by atoms with E-state index in [0.717, 1.165) is 31.9 Å². The molecule has 1 aromatic rings. The number of hydrogen-bond acceptors (Lipinski definition) is 4. The highest BCUT2D eigenvalue weighted by Gasteiger charge is 2.23. The number of nitro benzene ring substituents is 1. The lowest BCUT2D eigenvalue weighted by molar-refractivity contribution is -0.385. The average molecular weight is 281 g/mol. The van der Waals surface area contributed by atoms with Crippen molar-refractivity contribution in [1.82, 2.24) is 4.90 Å². The molecule has 1 aromatic carbocycles. The van der Waals surface area contributed by atoms with E-state index in [2.05, 4.69) is 4.90 Å². The second-order valence-corrected chi connectivity index (χ2v) is 5.23. The summed E-state index contributed by atoms with van der Waals surface area (Å²) >= 11 is 0. The van der Waals surface area contributed by atoms with E-state index in [-0.39, 0.29) is 5.69 Å². The summed E-state index contributed by atoms with van der Waals surface area (Å²) in [4.78, 5) is 12.3. The van der Waals surface area contributed by atoms with Crippen LogP contribution in [-0.4, -0.2) is 29.0 Å². The predicted molar refractivity (Wildman–Crippen MR) is 74.8 cm³/mol. The molecule has 1 fully saturated rings. The molecule has 0 aliphatic carbocycles.